The molecular weight excluding hydrogens is 282 g/mol. The first kappa shape index (κ1) is 14.2. The predicted molar refractivity (Wildman–Crippen MR) is 73.8 cm³/mol. The number of halogens is 1. The van der Waals surface area contributed by atoms with Gasteiger partial charge in [-0.3, -0.25) is 10.1 Å². The van der Waals surface area contributed by atoms with Crippen molar-refractivity contribution >= 4 is 21.6 Å². The molecule has 4 heteroatoms. The third-order valence-corrected chi connectivity index (χ3v) is 3.52. The molecule has 0 aliphatic heterocycles. The number of rotatable bonds is 4. The highest BCUT2D eigenvalue weighted by molar-refractivity contribution is 9.09. The van der Waals surface area contributed by atoms with Gasteiger partial charge in [-0.05, 0) is 18.9 Å². The van der Waals surface area contributed by atoms with Gasteiger partial charge in [0.2, 0.25) is 0 Å². The van der Waals surface area contributed by atoms with Crippen LogP contribution in [0.1, 0.15) is 37.8 Å². The van der Waals surface area contributed by atoms with Gasteiger partial charge in [-0.2, -0.15) is 0 Å². The number of alkyl halides is 1. The molecule has 0 spiro atoms. The Balaban J connectivity index is 3.34. The lowest BCUT2D eigenvalue weighted by Gasteiger charge is -2.24. The van der Waals surface area contributed by atoms with E-state index >= 15 is 0 Å². The fourth-order valence-electron chi connectivity index (χ4n) is 2.24. The lowest BCUT2D eigenvalue weighted by atomic mass is 9.84. The highest BCUT2D eigenvalue weighted by Gasteiger charge is 2.27. The maximum Gasteiger partial charge on any atom is 0.272 e. The van der Waals surface area contributed by atoms with Crippen molar-refractivity contribution in [2.75, 3.05) is 0 Å². The quantitative estimate of drug-likeness (QED) is 0.469. The SMILES string of the molecule is Cc1ccc([N+](=O)[O-])c(C(C(C)C)C(C)Br)c1. The monoisotopic (exact) mass is 299 g/mol. The average Bonchev–Trinajstić information content (AvgIpc) is 2.15. The molecular formula is C13H18BrNO2. The van der Waals surface area contributed by atoms with E-state index in [4.69, 9.17) is 0 Å². The molecule has 0 aliphatic carbocycles. The van der Waals surface area contributed by atoms with E-state index < -0.39 is 0 Å². The largest absolute Gasteiger partial charge is 0.272 e. The smallest absolute Gasteiger partial charge is 0.258 e. The van der Waals surface area contributed by atoms with Crippen molar-refractivity contribution in [2.24, 2.45) is 5.92 Å². The van der Waals surface area contributed by atoms with Gasteiger partial charge >= 0.3 is 0 Å². The molecule has 0 saturated heterocycles. The summed E-state index contributed by atoms with van der Waals surface area (Å²) in [5.41, 5.74) is 2.11. The Bertz CT molecular complexity index is 408. The summed E-state index contributed by atoms with van der Waals surface area (Å²) in [6.07, 6.45) is 0. The molecule has 0 aliphatic rings. The fraction of sp³-hybridized carbons (Fsp3) is 0.538. The summed E-state index contributed by atoms with van der Waals surface area (Å²) in [5, 5.41) is 11.1. The van der Waals surface area contributed by atoms with E-state index in [0.717, 1.165) is 11.1 Å². The number of hydrogen-bond acceptors (Lipinski definition) is 2. The lowest BCUT2D eigenvalue weighted by Crippen LogP contribution is -2.17. The standard InChI is InChI=1S/C13H18BrNO2/c1-8(2)13(10(4)14)11-7-9(3)5-6-12(11)15(16)17/h5-8,10,13H,1-4H3. The first-order chi connectivity index (χ1) is 7.84. The van der Waals surface area contributed by atoms with Crippen LogP contribution in [-0.4, -0.2) is 9.75 Å². The van der Waals surface area contributed by atoms with Crippen molar-refractivity contribution in [3.05, 3.63) is 39.4 Å². The highest BCUT2D eigenvalue weighted by atomic mass is 79.9. The molecule has 0 N–H and O–H groups in total. The second-order valence-electron chi connectivity index (χ2n) is 4.77. The maximum absolute atomic E-state index is 11.1. The van der Waals surface area contributed by atoms with Gasteiger partial charge in [0.15, 0.2) is 0 Å². The number of benzene rings is 1. The number of aryl methyl sites for hydroxylation is 1. The molecule has 0 radical (unpaired) electrons. The molecule has 1 rings (SSSR count). The molecule has 94 valence electrons. The van der Waals surface area contributed by atoms with Crippen molar-refractivity contribution in [2.45, 2.75) is 38.4 Å². The zero-order valence-electron chi connectivity index (χ0n) is 10.6. The van der Waals surface area contributed by atoms with Gasteiger partial charge in [-0.25, -0.2) is 0 Å². The Labute approximate surface area is 111 Å². The number of nitro benzene ring substituents is 1. The first-order valence-corrected chi connectivity index (χ1v) is 6.65. The molecule has 0 fully saturated rings. The van der Waals surface area contributed by atoms with Crippen LogP contribution < -0.4 is 0 Å². The number of nitrogens with zero attached hydrogens (tertiary/aromatic N) is 1. The van der Waals surface area contributed by atoms with Crippen molar-refractivity contribution < 1.29 is 4.92 Å². The van der Waals surface area contributed by atoms with Crippen LogP contribution in [0.2, 0.25) is 0 Å². The van der Waals surface area contributed by atoms with Crippen LogP contribution in [-0.2, 0) is 0 Å². The zero-order chi connectivity index (χ0) is 13.2. The first-order valence-electron chi connectivity index (χ1n) is 5.73. The van der Waals surface area contributed by atoms with E-state index in [-0.39, 0.29) is 21.4 Å². The molecule has 0 aromatic heterocycles. The van der Waals surface area contributed by atoms with E-state index in [0.29, 0.717) is 5.92 Å². The Morgan fingerprint density at radius 3 is 2.29 bits per heavy atom. The molecule has 3 nitrogen and oxygen atoms in total. The highest BCUT2D eigenvalue weighted by Crippen LogP contribution is 2.37. The van der Waals surface area contributed by atoms with Crippen molar-refractivity contribution in [3.63, 3.8) is 0 Å². The summed E-state index contributed by atoms with van der Waals surface area (Å²) < 4.78 is 0. The van der Waals surface area contributed by atoms with Gasteiger partial charge < -0.3 is 0 Å². The minimum Gasteiger partial charge on any atom is -0.258 e. The third-order valence-electron chi connectivity index (χ3n) is 2.95. The Morgan fingerprint density at radius 1 is 1.29 bits per heavy atom. The van der Waals surface area contributed by atoms with E-state index in [1.165, 1.54) is 0 Å². The molecule has 0 amide bonds. The summed E-state index contributed by atoms with van der Waals surface area (Å²) in [6, 6.07) is 5.33. The molecule has 2 atom stereocenters. The minimum absolute atomic E-state index is 0.148. The summed E-state index contributed by atoms with van der Waals surface area (Å²) in [4.78, 5) is 11.0. The van der Waals surface area contributed by atoms with Gasteiger partial charge in [0.05, 0.1) is 4.92 Å². The zero-order valence-corrected chi connectivity index (χ0v) is 12.2. The van der Waals surface area contributed by atoms with E-state index in [9.17, 15) is 10.1 Å². The van der Waals surface area contributed by atoms with Gasteiger partial charge in [0.1, 0.15) is 0 Å². The molecule has 17 heavy (non-hydrogen) atoms. The van der Waals surface area contributed by atoms with Crippen LogP contribution in [0.3, 0.4) is 0 Å². The van der Waals surface area contributed by atoms with Crippen LogP contribution in [0.5, 0.6) is 0 Å². The lowest BCUT2D eigenvalue weighted by molar-refractivity contribution is -0.385. The molecule has 1 aromatic rings. The summed E-state index contributed by atoms with van der Waals surface area (Å²) in [7, 11) is 0. The van der Waals surface area contributed by atoms with E-state index in [1.54, 1.807) is 12.1 Å². The van der Waals surface area contributed by atoms with Gasteiger partial charge in [0.25, 0.3) is 5.69 Å². The van der Waals surface area contributed by atoms with Gasteiger partial charge in [-0.1, -0.05) is 48.3 Å². The maximum atomic E-state index is 11.1. The number of nitro groups is 1. The van der Waals surface area contributed by atoms with Crippen LogP contribution >= 0.6 is 15.9 Å². The normalized spacial score (nSPS) is 14.7. The van der Waals surface area contributed by atoms with Crippen molar-refractivity contribution in [1.29, 1.82) is 0 Å². The van der Waals surface area contributed by atoms with Gasteiger partial charge in [-0.15, -0.1) is 0 Å². The van der Waals surface area contributed by atoms with E-state index in [2.05, 4.69) is 29.8 Å². The number of hydrogen-bond donors (Lipinski definition) is 0. The van der Waals surface area contributed by atoms with Crippen molar-refractivity contribution in [3.8, 4) is 0 Å². The Kier molecular flexibility index (Phi) is 4.69. The third kappa shape index (κ3) is 3.28. The Morgan fingerprint density at radius 2 is 1.88 bits per heavy atom. The second-order valence-corrected chi connectivity index (χ2v) is 6.21. The topological polar surface area (TPSA) is 43.1 Å². The fourth-order valence-corrected chi connectivity index (χ4v) is 3.14. The molecule has 0 heterocycles. The average molecular weight is 300 g/mol. The van der Waals surface area contributed by atoms with Gasteiger partial charge in [0, 0.05) is 22.4 Å². The summed E-state index contributed by atoms with van der Waals surface area (Å²) >= 11 is 3.56. The van der Waals surface area contributed by atoms with Crippen LogP contribution in [0.15, 0.2) is 18.2 Å². The molecule has 0 bridgehead atoms. The van der Waals surface area contributed by atoms with E-state index in [1.807, 2.05) is 19.9 Å². The Hall–Kier alpha value is -0.900. The molecule has 2 unspecified atom stereocenters. The summed E-state index contributed by atoms with van der Waals surface area (Å²) in [6.45, 7) is 8.18. The van der Waals surface area contributed by atoms with Crippen LogP contribution in [0.4, 0.5) is 5.69 Å². The minimum atomic E-state index is -0.292. The predicted octanol–water partition coefficient (Wildman–Crippen LogP) is 4.43. The summed E-state index contributed by atoms with van der Waals surface area (Å²) in [5.74, 6) is 0.500. The molecule has 1 aromatic carbocycles. The molecule has 0 saturated carbocycles. The van der Waals surface area contributed by atoms with Crippen molar-refractivity contribution in [1.82, 2.24) is 0 Å². The van der Waals surface area contributed by atoms with Crippen LogP contribution in [0, 0.1) is 23.0 Å². The van der Waals surface area contributed by atoms with Crippen LogP contribution in [0.25, 0.3) is 0 Å². The second kappa shape index (κ2) is 5.63.